The van der Waals surface area contributed by atoms with E-state index in [1.807, 2.05) is 28.9 Å². The zero-order chi connectivity index (χ0) is 24.9. The number of ether oxygens (including phenoxy) is 2. The van der Waals surface area contributed by atoms with Gasteiger partial charge in [0.1, 0.15) is 11.5 Å². The standard InChI is InChI=1S/C28H32N6O2/c1-21-4-8-23(9-5-21)27(28-29-30-31-34(28)20-22-6-12-25(35-2)13-7-22)33-18-16-32(17-19-33)24-10-14-26(36-3)15-11-24/h4-15,27H,16-20H2,1-3H3/t27-/m1/s1. The zero-order valence-corrected chi connectivity index (χ0v) is 21.0. The van der Waals surface area contributed by atoms with Crippen LogP contribution < -0.4 is 14.4 Å². The minimum Gasteiger partial charge on any atom is -0.497 e. The molecule has 0 aliphatic carbocycles. The van der Waals surface area contributed by atoms with Crippen molar-refractivity contribution in [3.05, 3.63) is 95.3 Å². The van der Waals surface area contributed by atoms with Crippen LogP contribution in [0.15, 0.2) is 72.8 Å². The van der Waals surface area contributed by atoms with Gasteiger partial charge >= 0.3 is 0 Å². The number of tetrazole rings is 1. The van der Waals surface area contributed by atoms with Gasteiger partial charge in [0, 0.05) is 31.9 Å². The number of aryl methyl sites for hydroxylation is 1. The quantitative estimate of drug-likeness (QED) is 0.375. The van der Waals surface area contributed by atoms with Gasteiger partial charge in [0.25, 0.3) is 0 Å². The van der Waals surface area contributed by atoms with Gasteiger partial charge in [0.2, 0.25) is 0 Å². The summed E-state index contributed by atoms with van der Waals surface area (Å²) in [6, 6.07) is 25.0. The topological polar surface area (TPSA) is 68.5 Å². The first kappa shape index (κ1) is 23.8. The molecule has 0 bridgehead atoms. The van der Waals surface area contributed by atoms with E-state index in [-0.39, 0.29) is 6.04 Å². The SMILES string of the molecule is COc1ccc(Cn2nnnc2[C@@H](c2ccc(C)cc2)N2CCN(c3ccc(OC)cc3)CC2)cc1. The predicted molar refractivity (Wildman–Crippen MR) is 140 cm³/mol. The number of nitrogens with zero attached hydrogens (tertiary/aromatic N) is 6. The second kappa shape index (κ2) is 10.8. The molecule has 0 saturated carbocycles. The summed E-state index contributed by atoms with van der Waals surface area (Å²) in [5.41, 5.74) is 4.77. The summed E-state index contributed by atoms with van der Waals surface area (Å²) in [4.78, 5) is 4.91. The van der Waals surface area contributed by atoms with E-state index in [2.05, 4.69) is 80.8 Å². The van der Waals surface area contributed by atoms with Crippen molar-refractivity contribution in [1.29, 1.82) is 0 Å². The van der Waals surface area contributed by atoms with Gasteiger partial charge in [-0.3, -0.25) is 4.90 Å². The fourth-order valence-electron chi connectivity index (χ4n) is 4.73. The molecule has 186 valence electrons. The van der Waals surface area contributed by atoms with Gasteiger partial charge in [-0.25, -0.2) is 4.68 Å². The molecule has 1 aromatic heterocycles. The van der Waals surface area contributed by atoms with Gasteiger partial charge < -0.3 is 14.4 Å². The van der Waals surface area contributed by atoms with Crippen molar-refractivity contribution in [3.8, 4) is 11.5 Å². The minimum atomic E-state index is -0.0307. The summed E-state index contributed by atoms with van der Waals surface area (Å²) < 4.78 is 12.5. The number of benzene rings is 3. The number of anilines is 1. The molecule has 0 unspecified atom stereocenters. The molecule has 2 heterocycles. The van der Waals surface area contributed by atoms with Gasteiger partial charge in [-0.2, -0.15) is 0 Å². The van der Waals surface area contributed by atoms with Crippen molar-refractivity contribution in [2.75, 3.05) is 45.3 Å². The lowest BCUT2D eigenvalue weighted by Crippen LogP contribution is -2.48. The molecule has 0 spiro atoms. The molecule has 5 rings (SSSR count). The average Bonchev–Trinajstić information content (AvgIpc) is 3.38. The highest BCUT2D eigenvalue weighted by Crippen LogP contribution is 2.30. The number of hydrogen-bond donors (Lipinski definition) is 0. The first-order valence-electron chi connectivity index (χ1n) is 12.2. The van der Waals surface area contributed by atoms with Crippen LogP contribution in [0.1, 0.15) is 28.6 Å². The number of rotatable bonds is 8. The van der Waals surface area contributed by atoms with E-state index in [0.717, 1.165) is 49.1 Å². The van der Waals surface area contributed by atoms with Crippen molar-refractivity contribution in [2.45, 2.75) is 19.5 Å². The Hall–Kier alpha value is -3.91. The van der Waals surface area contributed by atoms with E-state index < -0.39 is 0 Å². The lowest BCUT2D eigenvalue weighted by Gasteiger charge is -2.40. The molecule has 4 aromatic rings. The van der Waals surface area contributed by atoms with Crippen LogP contribution in [-0.4, -0.2) is 65.5 Å². The Balaban J connectivity index is 1.39. The van der Waals surface area contributed by atoms with Crippen molar-refractivity contribution in [2.24, 2.45) is 0 Å². The molecule has 8 nitrogen and oxygen atoms in total. The summed E-state index contributed by atoms with van der Waals surface area (Å²) in [6.45, 7) is 6.37. The Morgan fingerprint density at radius 1 is 0.778 bits per heavy atom. The largest absolute Gasteiger partial charge is 0.497 e. The van der Waals surface area contributed by atoms with Crippen molar-refractivity contribution in [1.82, 2.24) is 25.1 Å². The second-order valence-electron chi connectivity index (χ2n) is 9.08. The molecule has 1 aliphatic heterocycles. The molecule has 36 heavy (non-hydrogen) atoms. The molecule has 0 N–H and O–H groups in total. The van der Waals surface area contributed by atoms with Crippen LogP contribution >= 0.6 is 0 Å². The number of hydrogen-bond acceptors (Lipinski definition) is 7. The molecule has 0 radical (unpaired) electrons. The molecule has 1 saturated heterocycles. The third-order valence-corrected chi connectivity index (χ3v) is 6.81. The second-order valence-corrected chi connectivity index (χ2v) is 9.08. The smallest absolute Gasteiger partial charge is 0.173 e. The predicted octanol–water partition coefficient (Wildman–Crippen LogP) is 3.96. The van der Waals surface area contributed by atoms with Crippen LogP contribution in [0.5, 0.6) is 11.5 Å². The lowest BCUT2D eigenvalue weighted by atomic mass is 10.0. The summed E-state index contributed by atoms with van der Waals surface area (Å²) in [5.74, 6) is 2.57. The average molecular weight is 485 g/mol. The van der Waals surface area contributed by atoms with Crippen LogP contribution in [-0.2, 0) is 6.54 Å². The fourth-order valence-corrected chi connectivity index (χ4v) is 4.73. The van der Waals surface area contributed by atoms with Crippen LogP contribution in [0.2, 0.25) is 0 Å². The van der Waals surface area contributed by atoms with E-state index >= 15 is 0 Å². The van der Waals surface area contributed by atoms with Gasteiger partial charge in [-0.15, -0.1) is 5.10 Å². The number of methoxy groups -OCH3 is 2. The van der Waals surface area contributed by atoms with E-state index in [1.165, 1.54) is 16.8 Å². The van der Waals surface area contributed by atoms with Crippen molar-refractivity contribution in [3.63, 3.8) is 0 Å². The maximum absolute atomic E-state index is 5.31. The molecular formula is C28H32N6O2. The Bertz CT molecular complexity index is 1250. The summed E-state index contributed by atoms with van der Waals surface area (Å²) in [5, 5.41) is 13.0. The van der Waals surface area contributed by atoms with E-state index in [1.54, 1.807) is 14.2 Å². The molecule has 1 fully saturated rings. The van der Waals surface area contributed by atoms with Crippen LogP contribution in [0.4, 0.5) is 5.69 Å². The van der Waals surface area contributed by atoms with Crippen LogP contribution in [0.25, 0.3) is 0 Å². The zero-order valence-electron chi connectivity index (χ0n) is 21.0. The van der Waals surface area contributed by atoms with Gasteiger partial charge in [0.05, 0.1) is 26.8 Å². The molecular weight excluding hydrogens is 452 g/mol. The normalized spacial score (nSPS) is 15.0. The lowest BCUT2D eigenvalue weighted by molar-refractivity contribution is 0.201. The highest BCUT2D eigenvalue weighted by Gasteiger charge is 2.30. The molecule has 1 aliphatic rings. The molecule has 1 atom stereocenters. The van der Waals surface area contributed by atoms with Crippen molar-refractivity contribution < 1.29 is 9.47 Å². The molecule has 3 aromatic carbocycles. The first-order chi connectivity index (χ1) is 17.6. The maximum Gasteiger partial charge on any atom is 0.173 e. The van der Waals surface area contributed by atoms with E-state index in [9.17, 15) is 0 Å². The highest BCUT2D eigenvalue weighted by atomic mass is 16.5. The molecule has 0 amide bonds. The summed E-state index contributed by atoms with van der Waals surface area (Å²) in [6.07, 6.45) is 0. The monoisotopic (exact) mass is 484 g/mol. The van der Waals surface area contributed by atoms with E-state index in [4.69, 9.17) is 9.47 Å². The third-order valence-electron chi connectivity index (χ3n) is 6.81. The summed E-state index contributed by atoms with van der Waals surface area (Å²) in [7, 11) is 3.37. The summed E-state index contributed by atoms with van der Waals surface area (Å²) >= 11 is 0. The first-order valence-corrected chi connectivity index (χ1v) is 12.2. The van der Waals surface area contributed by atoms with Crippen molar-refractivity contribution >= 4 is 5.69 Å². The third kappa shape index (κ3) is 5.18. The number of aromatic nitrogens is 4. The van der Waals surface area contributed by atoms with Gasteiger partial charge in [-0.1, -0.05) is 42.0 Å². The Morgan fingerprint density at radius 3 is 2.00 bits per heavy atom. The Labute approximate surface area is 212 Å². The van der Waals surface area contributed by atoms with E-state index in [0.29, 0.717) is 6.54 Å². The minimum absolute atomic E-state index is 0.0307. The highest BCUT2D eigenvalue weighted by molar-refractivity contribution is 5.49. The fraction of sp³-hybridized carbons (Fsp3) is 0.321. The molecule has 8 heteroatoms. The Morgan fingerprint density at radius 2 is 1.39 bits per heavy atom. The van der Waals surface area contributed by atoms with Crippen LogP contribution in [0.3, 0.4) is 0 Å². The van der Waals surface area contributed by atoms with Gasteiger partial charge in [-0.05, 0) is 64.9 Å². The number of piperazine rings is 1. The Kier molecular flexibility index (Phi) is 7.13. The van der Waals surface area contributed by atoms with Gasteiger partial charge in [0.15, 0.2) is 5.82 Å². The maximum atomic E-state index is 5.31. The van der Waals surface area contributed by atoms with Crippen LogP contribution in [0, 0.1) is 6.92 Å².